The minimum absolute atomic E-state index is 0.293. The predicted molar refractivity (Wildman–Crippen MR) is 86.1 cm³/mol. The molecule has 1 aromatic carbocycles. The third-order valence-corrected chi connectivity index (χ3v) is 5.32. The second-order valence-corrected chi connectivity index (χ2v) is 6.60. The standard InChI is InChI=1S/C18H28N2/c1-2-16(19)13-15-8-4-6-10-18(15)20-12-11-14-7-3-5-9-17(14)20/h4,6,8,10,14,16-17H,2-3,5,7,9,11-13,19H2,1H3. The molecule has 1 saturated carbocycles. The summed E-state index contributed by atoms with van der Waals surface area (Å²) in [5, 5.41) is 0. The maximum absolute atomic E-state index is 6.19. The van der Waals surface area contributed by atoms with Crippen molar-refractivity contribution in [2.24, 2.45) is 11.7 Å². The van der Waals surface area contributed by atoms with Crippen molar-refractivity contribution < 1.29 is 0 Å². The molecule has 2 N–H and O–H groups in total. The first-order chi connectivity index (χ1) is 9.79. The van der Waals surface area contributed by atoms with Crippen molar-refractivity contribution in [2.45, 2.75) is 64.0 Å². The quantitative estimate of drug-likeness (QED) is 0.905. The topological polar surface area (TPSA) is 29.3 Å². The first-order valence-electron chi connectivity index (χ1n) is 8.39. The van der Waals surface area contributed by atoms with Crippen LogP contribution in [0.2, 0.25) is 0 Å². The van der Waals surface area contributed by atoms with Gasteiger partial charge in [-0.3, -0.25) is 0 Å². The molecule has 1 aromatic rings. The maximum Gasteiger partial charge on any atom is 0.0401 e. The van der Waals surface area contributed by atoms with E-state index in [2.05, 4.69) is 36.1 Å². The molecule has 2 nitrogen and oxygen atoms in total. The Kier molecular flexibility index (Phi) is 4.30. The summed E-state index contributed by atoms with van der Waals surface area (Å²) in [7, 11) is 0. The average molecular weight is 272 g/mol. The van der Waals surface area contributed by atoms with Gasteiger partial charge in [0.25, 0.3) is 0 Å². The predicted octanol–water partition coefficient (Wildman–Crippen LogP) is 3.74. The minimum Gasteiger partial charge on any atom is -0.368 e. The van der Waals surface area contributed by atoms with Crippen LogP contribution in [0.15, 0.2) is 24.3 Å². The van der Waals surface area contributed by atoms with Gasteiger partial charge in [-0.05, 0) is 49.7 Å². The number of benzene rings is 1. The molecule has 1 aliphatic heterocycles. The normalized spacial score (nSPS) is 27.4. The van der Waals surface area contributed by atoms with Gasteiger partial charge in [0.1, 0.15) is 0 Å². The first kappa shape index (κ1) is 13.9. The Balaban J connectivity index is 1.82. The highest BCUT2D eigenvalue weighted by atomic mass is 15.2. The van der Waals surface area contributed by atoms with Gasteiger partial charge in [-0.15, -0.1) is 0 Å². The highest BCUT2D eigenvalue weighted by Crippen LogP contribution is 2.40. The molecule has 20 heavy (non-hydrogen) atoms. The van der Waals surface area contributed by atoms with Crippen molar-refractivity contribution >= 4 is 5.69 Å². The van der Waals surface area contributed by atoms with E-state index in [1.807, 2.05) is 0 Å². The molecule has 2 aliphatic rings. The zero-order valence-electron chi connectivity index (χ0n) is 12.7. The Bertz CT molecular complexity index is 443. The molecule has 0 aromatic heterocycles. The van der Waals surface area contributed by atoms with Crippen molar-refractivity contribution in [1.82, 2.24) is 0 Å². The lowest BCUT2D eigenvalue weighted by atomic mass is 9.85. The third-order valence-electron chi connectivity index (χ3n) is 5.32. The van der Waals surface area contributed by atoms with Crippen LogP contribution in [-0.2, 0) is 6.42 Å². The van der Waals surface area contributed by atoms with Crippen LogP contribution < -0.4 is 10.6 Å². The third kappa shape index (κ3) is 2.71. The second kappa shape index (κ2) is 6.17. The van der Waals surface area contributed by atoms with Crippen molar-refractivity contribution in [3.05, 3.63) is 29.8 Å². The highest BCUT2D eigenvalue weighted by molar-refractivity contribution is 5.56. The monoisotopic (exact) mass is 272 g/mol. The molecule has 3 unspecified atom stereocenters. The fourth-order valence-electron chi connectivity index (χ4n) is 4.10. The van der Waals surface area contributed by atoms with Crippen LogP contribution in [0.1, 0.15) is 51.0 Å². The summed E-state index contributed by atoms with van der Waals surface area (Å²) in [6.45, 7) is 3.42. The lowest BCUT2D eigenvalue weighted by molar-refractivity contribution is 0.342. The van der Waals surface area contributed by atoms with E-state index in [0.29, 0.717) is 6.04 Å². The molecular weight excluding hydrogens is 244 g/mol. The number of fused-ring (bicyclic) bond motifs is 1. The number of anilines is 1. The average Bonchev–Trinajstić information content (AvgIpc) is 2.91. The molecule has 0 spiro atoms. The fraction of sp³-hybridized carbons (Fsp3) is 0.667. The van der Waals surface area contributed by atoms with E-state index in [1.165, 1.54) is 49.9 Å². The number of rotatable bonds is 4. The smallest absolute Gasteiger partial charge is 0.0401 e. The lowest BCUT2D eigenvalue weighted by Crippen LogP contribution is -2.35. The largest absolute Gasteiger partial charge is 0.368 e. The van der Waals surface area contributed by atoms with Gasteiger partial charge in [-0.25, -0.2) is 0 Å². The fourth-order valence-corrected chi connectivity index (χ4v) is 4.10. The van der Waals surface area contributed by atoms with Crippen LogP contribution in [0.25, 0.3) is 0 Å². The first-order valence-corrected chi connectivity index (χ1v) is 8.39. The molecule has 3 atom stereocenters. The van der Waals surface area contributed by atoms with Gasteiger partial charge >= 0.3 is 0 Å². The van der Waals surface area contributed by atoms with Crippen LogP contribution in [0.5, 0.6) is 0 Å². The zero-order chi connectivity index (χ0) is 13.9. The van der Waals surface area contributed by atoms with Gasteiger partial charge in [0, 0.05) is 24.3 Å². The Morgan fingerprint density at radius 1 is 1.20 bits per heavy atom. The van der Waals surface area contributed by atoms with E-state index in [-0.39, 0.29) is 0 Å². The summed E-state index contributed by atoms with van der Waals surface area (Å²) in [5.41, 5.74) is 9.10. The van der Waals surface area contributed by atoms with Crippen molar-refractivity contribution in [1.29, 1.82) is 0 Å². The van der Waals surface area contributed by atoms with Crippen LogP contribution in [0, 0.1) is 5.92 Å². The van der Waals surface area contributed by atoms with Crippen LogP contribution >= 0.6 is 0 Å². The molecule has 0 amide bonds. The molecule has 3 rings (SSSR count). The van der Waals surface area contributed by atoms with E-state index in [0.717, 1.165) is 24.8 Å². The highest BCUT2D eigenvalue weighted by Gasteiger charge is 2.36. The van der Waals surface area contributed by atoms with Gasteiger partial charge in [0.05, 0.1) is 0 Å². The summed E-state index contributed by atoms with van der Waals surface area (Å²) >= 11 is 0. The van der Waals surface area contributed by atoms with Crippen LogP contribution in [0.4, 0.5) is 5.69 Å². The van der Waals surface area contributed by atoms with E-state index < -0.39 is 0 Å². The van der Waals surface area contributed by atoms with Crippen molar-refractivity contribution in [3.63, 3.8) is 0 Å². The Morgan fingerprint density at radius 2 is 2.00 bits per heavy atom. The summed E-state index contributed by atoms with van der Waals surface area (Å²) in [6.07, 6.45) is 9.14. The lowest BCUT2D eigenvalue weighted by Gasteiger charge is -2.34. The number of nitrogens with two attached hydrogens (primary N) is 1. The molecule has 2 heteroatoms. The van der Waals surface area contributed by atoms with E-state index in [4.69, 9.17) is 5.73 Å². The number of para-hydroxylation sites is 1. The molecule has 1 aliphatic carbocycles. The van der Waals surface area contributed by atoms with Gasteiger partial charge in [-0.2, -0.15) is 0 Å². The van der Waals surface area contributed by atoms with Gasteiger partial charge in [0.2, 0.25) is 0 Å². The zero-order valence-corrected chi connectivity index (χ0v) is 12.7. The summed E-state index contributed by atoms with van der Waals surface area (Å²) in [4.78, 5) is 2.70. The number of hydrogen-bond acceptors (Lipinski definition) is 2. The van der Waals surface area contributed by atoms with Crippen LogP contribution in [0.3, 0.4) is 0 Å². The summed E-state index contributed by atoms with van der Waals surface area (Å²) in [5.74, 6) is 0.941. The summed E-state index contributed by atoms with van der Waals surface area (Å²) < 4.78 is 0. The molecule has 2 fully saturated rings. The molecule has 1 heterocycles. The van der Waals surface area contributed by atoms with Gasteiger partial charge in [-0.1, -0.05) is 38.0 Å². The Hall–Kier alpha value is -1.02. The second-order valence-electron chi connectivity index (χ2n) is 6.60. The maximum atomic E-state index is 6.19. The number of hydrogen-bond donors (Lipinski definition) is 1. The van der Waals surface area contributed by atoms with E-state index >= 15 is 0 Å². The van der Waals surface area contributed by atoms with Crippen molar-refractivity contribution in [2.75, 3.05) is 11.4 Å². The molecule has 0 radical (unpaired) electrons. The van der Waals surface area contributed by atoms with E-state index in [9.17, 15) is 0 Å². The van der Waals surface area contributed by atoms with Gasteiger partial charge in [0.15, 0.2) is 0 Å². The molecule has 0 bridgehead atoms. The minimum atomic E-state index is 0.293. The molecular formula is C18H28N2. The summed E-state index contributed by atoms with van der Waals surface area (Å²) in [6, 6.07) is 10.0. The SMILES string of the molecule is CCC(N)Cc1ccccc1N1CCC2CCCCC21. The molecule has 110 valence electrons. The number of nitrogens with zero attached hydrogens (tertiary/aromatic N) is 1. The van der Waals surface area contributed by atoms with Crippen molar-refractivity contribution in [3.8, 4) is 0 Å². The Morgan fingerprint density at radius 3 is 2.85 bits per heavy atom. The van der Waals surface area contributed by atoms with Gasteiger partial charge < -0.3 is 10.6 Å². The van der Waals surface area contributed by atoms with E-state index in [1.54, 1.807) is 0 Å². The molecule has 1 saturated heterocycles. The Labute approximate surface area is 123 Å². The van der Waals surface area contributed by atoms with Crippen LogP contribution in [-0.4, -0.2) is 18.6 Å².